The minimum Gasteiger partial charge on any atom is -0.207 e. The van der Waals surface area contributed by atoms with Gasteiger partial charge in [-0.1, -0.05) is 42.0 Å². The third-order valence-electron chi connectivity index (χ3n) is 2.55. The minimum atomic E-state index is -3.50. The van der Waals surface area contributed by atoms with E-state index in [2.05, 4.69) is 13.2 Å². The van der Waals surface area contributed by atoms with Crippen LogP contribution in [-0.4, -0.2) is 25.8 Å². The lowest BCUT2D eigenvalue weighted by Crippen LogP contribution is -2.33. The molecule has 0 radical (unpaired) electrons. The van der Waals surface area contributed by atoms with E-state index in [1.807, 2.05) is 20.8 Å². The molecule has 0 unspecified atom stereocenters. The first-order chi connectivity index (χ1) is 8.73. The highest BCUT2D eigenvalue weighted by atomic mass is 32.2. The van der Waals surface area contributed by atoms with Crippen LogP contribution in [0.4, 0.5) is 0 Å². The number of benzene rings is 1. The summed E-state index contributed by atoms with van der Waals surface area (Å²) in [5.41, 5.74) is 2.64. The summed E-state index contributed by atoms with van der Waals surface area (Å²) in [6.07, 6.45) is 0. The van der Waals surface area contributed by atoms with E-state index in [4.69, 9.17) is 0 Å². The Bertz CT molecular complexity index is 555. The molecule has 0 saturated carbocycles. The molecule has 1 aromatic carbocycles. The van der Waals surface area contributed by atoms with E-state index >= 15 is 0 Å². The Kier molecular flexibility index (Phi) is 5.09. The van der Waals surface area contributed by atoms with Gasteiger partial charge in [-0.2, -0.15) is 4.31 Å². The standard InChI is InChI=1S/C15H21NO2S/c1-12(2)10-16(11-13(3)4)19(17,18)15-8-6-14(5)7-9-15/h6-9H,1,3,10-11H2,2,4-5H3. The van der Waals surface area contributed by atoms with Gasteiger partial charge in [-0.25, -0.2) is 8.42 Å². The topological polar surface area (TPSA) is 37.4 Å². The van der Waals surface area contributed by atoms with Crippen LogP contribution < -0.4 is 0 Å². The monoisotopic (exact) mass is 279 g/mol. The summed E-state index contributed by atoms with van der Waals surface area (Å²) < 4.78 is 26.5. The van der Waals surface area contributed by atoms with E-state index in [0.29, 0.717) is 18.0 Å². The van der Waals surface area contributed by atoms with Crippen LogP contribution in [0.1, 0.15) is 19.4 Å². The van der Waals surface area contributed by atoms with Gasteiger partial charge < -0.3 is 0 Å². The predicted octanol–water partition coefficient (Wildman–Crippen LogP) is 3.14. The Labute approximate surface area is 116 Å². The molecule has 1 aromatic rings. The van der Waals surface area contributed by atoms with Crippen molar-refractivity contribution in [2.75, 3.05) is 13.1 Å². The van der Waals surface area contributed by atoms with Crippen LogP contribution in [0.5, 0.6) is 0 Å². The molecule has 0 saturated heterocycles. The molecule has 0 spiro atoms. The first-order valence-electron chi connectivity index (χ1n) is 6.09. The normalized spacial score (nSPS) is 11.6. The number of hydrogen-bond acceptors (Lipinski definition) is 2. The molecule has 0 aliphatic rings. The zero-order valence-electron chi connectivity index (χ0n) is 11.8. The Morgan fingerprint density at radius 1 is 1.05 bits per heavy atom. The number of rotatable bonds is 6. The van der Waals surface area contributed by atoms with Crippen LogP contribution in [0.25, 0.3) is 0 Å². The molecule has 0 atom stereocenters. The maximum absolute atomic E-state index is 12.6. The van der Waals surface area contributed by atoms with Gasteiger partial charge in [0.2, 0.25) is 10.0 Å². The van der Waals surface area contributed by atoms with Crippen molar-refractivity contribution in [3.8, 4) is 0 Å². The smallest absolute Gasteiger partial charge is 0.207 e. The highest BCUT2D eigenvalue weighted by Crippen LogP contribution is 2.18. The van der Waals surface area contributed by atoms with E-state index in [1.54, 1.807) is 24.3 Å². The predicted molar refractivity (Wildman–Crippen MR) is 79.6 cm³/mol. The molecular weight excluding hydrogens is 258 g/mol. The van der Waals surface area contributed by atoms with Crippen LogP contribution in [0, 0.1) is 6.92 Å². The van der Waals surface area contributed by atoms with Crippen molar-refractivity contribution in [2.45, 2.75) is 25.7 Å². The second-order valence-electron chi connectivity index (χ2n) is 5.00. The second kappa shape index (κ2) is 6.17. The number of nitrogens with zero attached hydrogens (tertiary/aromatic N) is 1. The molecule has 0 bridgehead atoms. The first-order valence-corrected chi connectivity index (χ1v) is 7.53. The Morgan fingerprint density at radius 2 is 1.47 bits per heavy atom. The first kappa shape index (κ1) is 15.7. The molecule has 0 heterocycles. The molecular formula is C15H21NO2S. The number of hydrogen-bond donors (Lipinski definition) is 0. The van der Waals surface area contributed by atoms with Gasteiger partial charge in [0.25, 0.3) is 0 Å². The van der Waals surface area contributed by atoms with Crippen LogP contribution in [-0.2, 0) is 10.0 Å². The summed E-state index contributed by atoms with van der Waals surface area (Å²) in [5, 5.41) is 0. The van der Waals surface area contributed by atoms with Crippen molar-refractivity contribution in [2.24, 2.45) is 0 Å². The van der Waals surface area contributed by atoms with Crippen LogP contribution in [0.2, 0.25) is 0 Å². The van der Waals surface area contributed by atoms with Gasteiger partial charge in [0.15, 0.2) is 0 Å². The highest BCUT2D eigenvalue weighted by Gasteiger charge is 2.24. The lowest BCUT2D eigenvalue weighted by Gasteiger charge is -2.22. The van der Waals surface area contributed by atoms with Gasteiger partial charge in [-0.3, -0.25) is 0 Å². The lowest BCUT2D eigenvalue weighted by atomic mass is 10.2. The fraction of sp³-hybridized carbons (Fsp3) is 0.333. The fourth-order valence-electron chi connectivity index (χ4n) is 1.69. The molecule has 0 amide bonds. The molecule has 19 heavy (non-hydrogen) atoms. The zero-order chi connectivity index (χ0) is 14.6. The average molecular weight is 279 g/mol. The fourth-order valence-corrected chi connectivity index (χ4v) is 3.25. The van der Waals surface area contributed by atoms with Gasteiger partial charge in [0, 0.05) is 13.1 Å². The van der Waals surface area contributed by atoms with Crippen LogP contribution >= 0.6 is 0 Å². The van der Waals surface area contributed by atoms with Gasteiger partial charge in [0.1, 0.15) is 0 Å². The summed E-state index contributed by atoms with van der Waals surface area (Å²) in [6.45, 7) is 13.8. The van der Waals surface area contributed by atoms with Gasteiger partial charge in [-0.15, -0.1) is 0 Å². The van der Waals surface area contributed by atoms with Crippen molar-refractivity contribution in [3.05, 3.63) is 54.1 Å². The van der Waals surface area contributed by atoms with E-state index < -0.39 is 10.0 Å². The van der Waals surface area contributed by atoms with E-state index in [0.717, 1.165) is 16.7 Å². The maximum atomic E-state index is 12.6. The van der Waals surface area contributed by atoms with Gasteiger partial charge >= 0.3 is 0 Å². The van der Waals surface area contributed by atoms with E-state index in [-0.39, 0.29) is 0 Å². The third kappa shape index (κ3) is 4.33. The SMILES string of the molecule is C=C(C)CN(CC(=C)C)S(=O)(=O)c1ccc(C)cc1. The van der Waals surface area contributed by atoms with Crippen LogP contribution in [0.3, 0.4) is 0 Å². The molecule has 4 heteroatoms. The summed E-state index contributed by atoms with van der Waals surface area (Å²) in [6, 6.07) is 6.86. The molecule has 0 aliphatic heterocycles. The Balaban J connectivity index is 3.14. The minimum absolute atomic E-state index is 0.306. The molecule has 1 rings (SSSR count). The van der Waals surface area contributed by atoms with Crippen molar-refractivity contribution in [1.82, 2.24) is 4.31 Å². The summed E-state index contributed by atoms with van der Waals surface area (Å²) in [7, 11) is -3.50. The lowest BCUT2D eigenvalue weighted by molar-refractivity contribution is 0.460. The quantitative estimate of drug-likeness (QED) is 0.750. The van der Waals surface area contributed by atoms with Crippen molar-refractivity contribution >= 4 is 10.0 Å². The van der Waals surface area contributed by atoms with Crippen molar-refractivity contribution < 1.29 is 8.42 Å². The Morgan fingerprint density at radius 3 is 1.84 bits per heavy atom. The molecule has 3 nitrogen and oxygen atoms in total. The van der Waals surface area contributed by atoms with Gasteiger partial charge in [0.05, 0.1) is 4.90 Å². The average Bonchev–Trinajstić information content (AvgIpc) is 2.27. The molecule has 0 fully saturated rings. The molecule has 0 aromatic heterocycles. The maximum Gasteiger partial charge on any atom is 0.243 e. The highest BCUT2D eigenvalue weighted by molar-refractivity contribution is 7.89. The third-order valence-corrected chi connectivity index (χ3v) is 4.36. The van der Waals surface area contributed by atoms with E-state index in [1.165, 1.54) is 4.31 Å². The van der Waals surface area contributed by atoms with E-state index in [9.17, 15) is 8.42 Å². The molecule has 0 aliphatic carbocycles. The summed E-state index contributed by atoms with van der Waals surface area (Å²) in [4.78, 5) is 0.306. The Hall–Kier alpha value is -1.39. The van der Waals surface area contributed by atoms with Crippen LogP contribution in [0.15, 0.2) is 53.5 Å². The number of aryl methyl sites for hydroxylation is 1. The largest absolute Gasteiger partial charge is 0.243 e. The summed E-state index contributed by atoms with van der Waals surface area (Å²) in [5.74, 6) is 0. The number of sulfonamides is 1. The molecule has 104 valence electrons. The van der Waals surface area contributed by atoms with Crippen molar-refractivity contribution in [3.63, 3.8) is 0 Å². The van der Waals surface area contributed by atoms with Crippen molar-refractivity contribution in [1.29, 1.82) is 0 Å². The molecule has 0 N–H and O–H groups in total. The second-order valence-corrected chi connectivity index (χ2v) is 6.94. The zero-order valence-corrected chi connectivity index (χ0v) is 12.6. The summed E-state index contributed by atoms with van der Waals surface area (Å²) >= 11 is 0. The van der Waals surface area contributed by atoms with Gasteiger partial charge in [-0.05, 0) is 32.9 Å².